The molecule has 1 N–H and O–H groups in total. The molecule has 0 aromatic heterocycles. The highest BCUT2D eigenvalue weighted by Gasteiger charge is 2.15. The van der Waals surface area contributed by atoms with Gasteiger partial charge in [-0.3, -0.25) is 9.59 Å². The molecule has 0 heterocycles. The number of nitrogens with zero attached hydrogens (tertiary/aromatic N) is 1. The number of carbonyl (C=O) groups excluding carboxylic acids is 2. The summed E-state index contributed by atoms with van der Waals surface area (Å²) in [4.78, 5) is 25.2. The van der Waals surface area contributed by atoms with Crippen molar-refractivity contribution in [1.82, 2.24) is 5.32 Å². The molecule has 1 aromatic rings. The van der Waals surface area contributed by atoms with Crippen LogP contribution in [0.4, 0.5) is 5.69 Å². The summed E-state index contributed by atoms with van der Waals surface area (Å²) in [5.74, 6) is -0.0603. The summed E-state index contributed by atoms with van der Waals surface area (Å²) in [5, 5.41) is 2.91. The number of anilines is 1. The number of carbonyl (C=O) groups is 2. The fraction of sp³-hybridized carbons (Fsp3) is 0.500. The first-order valence-corrected chi connectivity index (χ1v) is 7.08. The Bertz CT molecular complexity index is 471. The highest BCUT2D eigenvalue weighted by Crippen LogP contribution is 2.19. The van der Waals surface area contributed by atoms with Gasteiger partial charge in [0, 0.05) is 31.6 Å². The largest absolute Gasteiger partial charge is 0.354 e. The zero-order chi connectivity index (χ0) is 15.1. The van der Waals surface area contributed by atoms with E-state index in [1.807, 2.05) is 45.0 Å². The zero-order valence-electron chi connectivity index (χ0n) is 12.8. The lowest BCUT2D eigenvalue weighted by Gasteiger charge is -2.23. The minimum atomic E-state index is -0.0457. The second-order valence-electron chi connectivity index (χ2n) is 5.08. The maximum atomic E-state index is 11.8. The van der Waals surface area contributed by atoms with Gasteiger partial charge in [0.2, 0.25) is 11.8 Å². The van der Waals surface area contributed by atoms with Crippen LogP contribution in [0.15, 0.2) is 24.3 Å². The van der Waals surface area contributed by atoms with E-state index in [1.165, 1.54) is 6.92 Å². The van der Waals surface area contributed by atoms with Crippen LogP contribution in [-0.2, 0) is 9.59 Å². The number of hydrogen-bond donors (Lipinski definition) is 1. The molecule has 0 spiro atoms. The number of rotatable bonds is 6. The first kappa shape index (κ1) is 16.2. The number of para-hydroxylation sites is 1. The average Bonchev–Trinajstić information content (AvgIpc) is 2.40. The molecule has 0 bridgehead atoms. The maximum absolute atomic E-state index is 11.8. The van der Waals surface area contributed by atoms with Crippen molar-refractivity contribution < 1.29 is 9.59 Å². The third-order valence-corrected chi connectivity index (χ3v) is 3.37. The van der Waals surface area contributed by atoms with Gasteiger partial charge in [-0.2, -0.15) is 0 Å². The highest BCUT2D eigenvalue weighted by molar-refractivity contribution is 5.93. The summed E-state index contributed by atoms with van der Waals surface area (Å²) in [7, 11) is 0. The second-order valence-corrected chi connectivity index (χ2v) is 5.08. The van der Waals surface area contributed by atoms with Gasteiger partial charge in [0.25, 0.3) is 0 Å². The summed E-state index contributed by atoms with van der Waals surface area (Å²) < 4.78 is 0. The second kappa shape index (κ2) is 7.68. The van der Waals surface area contributed by atoms with Gasteiger partial charge in [0.1, 0.15) is 0 Å². The van der Waals surface area contributed by atoms with Gasteiger partial charge in [-0.25, -0.2) is 0 Å². The molecule has 0 aliphatic carbocycles. The molecule has 110 valence electrons. The van der Waals surface area contributed by atoms with Gasteiger partial charge in [-0.15, -0.1) is 0 Å². The summed E-state index contributed by atoms with van der Waals surface area (Å²) in [6.07, 6.45) is 1.22. The van der Waals surface area contributed by atoms with Crippen molar-refractivity contribution in [2.75, 3.05) is 11.4 Å². The predicted molar refractivity (Wildman–Crippen MR) is 81.7 cm³/mol. The van der Waals surface area contributed by atoms with Crippen LogP contribution < -0.4 is 10.2 Å². The fourth-order valence-electron chi connectivity index (χ4n) is 1.98. The SMILES string of the molecule is CCC(C)NC(=O)CCN(C(C)=O)c1ccccc1C. The zero-order valence-corrected chi connectivity index (χ0v) is 12.8. The molecule has 4 nitrogen and oxygen atoms in total. The summed E-state index contributed by atoms with van der Waals surface area (Å²) in [6.45, 7) is 7.90. The molecule has 1 atom stereocenters. The van der Waals surface area contributed by atoms with Gasteiger partial charge in [0.15, 0.2) is 0 Å². The minimum Gasteiger partial charge on any atom is -0.354 e. The van der Waals surface area contributed by atoms with Gasteiger partial charge >= 0.3 is 0 Å². The normalized spacial score (nSPS) is 11.8. The highest BCUT2D eigenvalue weighted by atomic mass is 16.2. The topological polar surface area (TPSA) is 49.4 Å². The first-order valence-electron chi connectivity index (χ1n) is 7.08. The van der Waals surface area contributed by atoms with Gasteiger partial charge in [0.05, 0.1) is 0 Å². The molecule has 0 saturated heterocycles. The summed E-state index contributed by atoms with van der Waals surface area (Å²) in [6, 6.07) is 7.88. The Hall–Kier alpha value is -1.84. The Kier molecular flexibility index (Phi) is 6.22. The van der Waals surface area contributed by atoms with Gasteiger partial charge in [-0.05, 0) is 31.9 Å². The van der Waals surface area contributed by atoms with E-state index in [0.29, 0.717) is 13.0 Å². The lowest BCUT2D eigenvalue weighted by atomic mass is 10.1. The lowest BCUT2D eigenvalue weighted by Crippen LogP contribution is -2.37. The third-order valence-electron chi connectivity index (χ3n) is 3.37. The number of amides is 2. The Balaban J connectivity index is 2.68. The summed E-state index contributed by atoms with van der Waals surface area (Å²) >= 11 is 0. The van der Waals surface area contributed by atoms with E-state index in [4.69, 9.17) is 0 Å². The molecule has 0 saturated carbocycles. The van der Waals surface area contributed by atoms with Gasteiger partial charge < -0.3 is 10.2 Å². The Morgan fingerprint density at radius 3 is 2.50 bits per heavy atom. The van der Waals surface area contributed by atoms with Crippen molar-refractivity contribution in [2.24, 2.45) is 0 Å². The number of nitrogens with one attached hydrogen (secondary N) is 1. The van der Waals surface area contributed by atoms with E-state index < -0.39 is 0 Å². The predicted octanol–water partition coefficient (Wildman–Crippen LogP) is 2.65. The van der Waals surface area contributed by atoms with E-state index in [-0.39, 0.29) is 17.9 Å². The van der Waals surface area contributed by atoms with Crippen molar-refractivity contribution in [3.8, 4) is 0 Å². The van der Waals surface area contributed by atoms with Crippen molar-refractivity contribution in [2.45, 2.75) is 46.6 Å². The van der Waals surface area contributed by atoms with E-state index in [2.05, 4.69) is 5.32 Å². The van der Waals surface area contributed by atoms with Gasteiger partial charge in [-0.1, -0.05) is 25.1 Å². The molecule has 0 aliphatic heterocycles. The molecule has 1 rings (SSSR count). The van der Waals surface area contributed by atoms with Crippen LogP contribution in [0.5, 0.6) is 0 Å². The van der Waals surface area contributed by atoms with Crippen LogP contribution in [0.1, 0.15) is 39.2 Å². The Labute approximate surface area is 121 Å². The number of hydrogen-bond acceptors (Lipinski definition) is 2. The van der Waals surface area contributed by atoms with E-state index in [0.717, 1.165) is 17.7 Å². The van der Waals surface area contributed by atoms with Crippen LogP contribution in [0.25, 0.3) is 0 Å². The van der Waals surface area contributed by atoms with Crippen molar-refractivity contribution in [3.63, 3.8) is 0 Å². The Morgan fingerprint density at radius 2 is 1.95 bits per heavy atom. The summed E-state index contributed by atoms with van der Waals surface area (Å²) in [5.41, 5.74) is 1.90. The molecule has 1 unspecified atom stereocenters. The lowest BCUT2D eigenvalue weighted by molar-refractivity contribution is -0.121. The smallest absolute Gasteiger partial charge is 0.223 e. The standard InChI is InChI=1S/C16H24N2O2/c1-5-13(3)17-16(20)10-11-18(14(4)19)15-9-7-6-8-12(15)2/h6-9,13H,5,10-11H2,1-4H3,(H,17,20). The molecular weight excluding hydrogens is 252 g/mol. The van der Waals surface area contributed by atoms with Crippen molar-refractivity contribution in [3.05, 3.63) is 29.8 Å². The third kappa shape index (κ3) is 4.68. The molecule has 1 aromatic carbocycles. The number of aryl methyl sites for hydroxylation is 1. The van der Waals surface area contributed by atoms with E-state index in [9.17, 15) is 9.59 Å². The number of benzene rings is 1. The molecule has 4 heteroatoms. The van der Waals surface area contributed by atoms with E-state index in [1.54, 1.807) is 4.90 Å². The first-order chi connectivity index (χ1) is 9.45. The maximum Gasteiger partial charge on any atom is 0.223 e. The minimum absolute atomic E-state index is 0.0146. The van der Waals surface area contributed by atoms with Crippen LogP contribution in [0.3, 0.4) is 0 Å². The van der Waals surface area contributed by atoms with Crippen LogP contribution in [0.2, 0.25) is 0 Å². The van der Waals surface area contributed by atoms with Crippen LogP contribution in [-0.4, -0.2) is 24.4 Å². The molecule has 2 amide bonds. The molecule has 0 aliphatic rings. The molecular formula is C16H24N2O2. The van der Waals surface area contributed by atoms with Crippen molar-refractivity contribution in [1.29, 1.82) is 0 Å². The average molecular weight is 276 g/mol. The Morgan fingerprint density at radius 1 is 1.30 bits per heavy atom. The molecule has 0 radical (unpaired) electrons. The van der Waals surface area contributed by atoms with Crippen molar-refractivity contribution >= 4 is 17.5 Å². The van der Waals surface area contributed by atoms with Crippen LogP contribution >= 0.6 is 0 Å². The molecule has 0 fully saturated rings. The van der Waals surface area contributed by atoms with Crippen LogP contribution in [0, 0.1) is 6.92 Å². The monoisotopic (exact) mass is 276 g/mol. The van der Waals surface area contributed by atoms with E-state index >= 15 is 0 Å². The fourth-order valence-corrected chi connectivity index (χ4v) is 1.98. The quantitative estimate of drug-likeness (QED) is 0.868. The molecule has 20 heavy (non-hydrogen) atoms.